The molecule has 0 aliphatic rings. The van der Waals surface area contributed by atoms with Crippen LogP contribution in [-0.4, -0.2) is 35.1 Å². The highest BCUT2D eigenvalue weighted by molar-refractivity contribution is 7.99. The summed E-state index contributed by atoms with van der Waals surface area (Å²) in [5.41, 5.74) is 2.77. The topological polar surface area (TPSA) is 49.4 Å². The van der Waals surface area contributed by atoms with E-state index >= 15 is 0 Å². The van der Waals surface area contributed by atoms with Gasteiger partial charge in [0.2, 0.25) is 11.8 Å². The summed E-state index contributed by atoms with van der Waals surface area (Å²) in [6, 6.07) is 22.7. The van der Waals surface area contributed by atoms with Crippen LogP contribution in [0.1, 0.15) is 30.5 Å². The van der Waals surface area contributed by atoms with Crippen LogP contribution in [0.15, 0.2) is 78.9 Å². The lowest BCUT2D eigenvalue weighted by molar-refractivity contribution is -0.139. The summed E-state index contributed by atoms with van der Waals surface area (Å²) in [5.74, 6) is 0.452. The highest BCUT2D eigenvalue weighted by atomic mass is 35.5. The van der Waals surface area contributed by atoms with Crippen LogP contribution in [0.3, 0.4) is 0 Å². The Hall–Kier alpha value is -2.83. The molecule has 1 unspecified atom stereocenters. The smallest absolute Gasteiger partial charge is 0.243 e. The fourth-order valence-corrected chi connectivity index (χ4v) is 4.81. The minimum Gasteiger partial charge on any atom is -0.354 e. The Morgan fingerprint density at radius 3 is 2.31 bits per heavy atom. The molecule has 0 saturated heterocycles. The molecule has 0 spiro atoms. The lowest BCUT2D eigenvalue weighted by Gasteiger charge is -2.32. The van der Waals surface area contributed by atoms with Crippen LogP contribution in [0.4, 0.5) is 4.39 Å². The Labute approximate surface area is 222 Å². The normalized spacial score (nSPS) is 11.8. The third-order valence-corrected chi connectivity index (χ3v) is 6.83. The van der Waals surface area contributed by atoms with E-state index in [0.717, 1.165) is 16.7 Å². The van der Waals surface area contributed by atoms with Crippen LogP contribution in [-0.2, 0) is 28.3 Å². The van der Waals surface area contributed by atoms with Gasteiger partial charge in [-0.3, -0.25) is 9.59 Å². The Kier molecular flexibility index (Phi) is 10.8. The molecule has 0 heterocycles. The SMILES string of the molecule is CC(C)CNC(=O)C(Cc1ccccc1)N(Cc1cccc(Cl)c1)C(=O)CSCc1ccc(F)cc1. The fourth-order valence-electron chi connectivity index (χ4n) is 3.73. The predicted molar refractivity (Wildman–Crippen MR) is 146 cm³/mol. The summed E-state index contributed by atoms with van der Waals surface area (Å²) in [4.78, 5) is 28.7. The van der Waals surface area contributed by atoms with E-state index in [-0.39, 0.29) is 35.8 Å². The Balaban J connectivity index is 1.83. The monoisotopic (exact) mass is 526 g/mol. The van der Waals surface area contributed by atoms with Gasteiger partial charge in [-0.25, -0.2) is 4.39 Å². The van der Waals surface area contributed by atoms with E-state index in [9.17, 15) is 14.0 Å². The first-order valence-electron chi connectivity index (χ1n) is 12.0. The second-order valence-electron chi connectivity index (χ2n) is 9.12. The van der Waals surface area contributed by atoms with Gasteiger partial charge in [-0.1, -0.05) is 80.0 Å². The lowest BCUT2D eigenvalue weighted by Crippen LogP contribution is -2.51. The van der Waals surface area contributed by atoms with Crippen molar-refractivity contribution in [3.63, 3.8) is 0 Å². The van der Waals surface area contributed by atoms with Crippen LogP contribution in [0, 0.1) is 11.7 Å². The molecule has 0 radical (unpaired) electrons. The third kappa shape index (κ3) is 8.99. The molecule has 190 valence electrons. The fraction of sp³-hybridized carbons (Fsp3) is 0.310. The van der Waals surface area contributed by atoms with Gasteiger partial charge < -0.3 is 10.2 Å². The number of benzene rings is 3. The first-order valence-corrected chi connectivity index (χ1v) is 13.5. The van der Waals surface area contributed by atoms with E-state index in [0.29, 0.717) is 23.7 Å². The van der Waals surface area contributed by atoms with E-state index in [1.54, 1.807) is 23.1 Å². The lowest BCUT2D eigenvalue weighted by atomic mass is 10.0. The maximum Gasteiger partial charge on any atom is 0.243 e. The Morgan fingerprint density at radius 2 is 1.64 bits per heavy atom. The van der Waals surface area contributed by atoms with Crippen molar-refractivity contribution in [1.29, 1.82) is 0 Å². The van der Waals surface area contributed by atoms with E-state index in [1.807, 2.05) is 62.4 Å². The zero-order valence-electron chi connectivity index (χ0n) is 20.6. The van der Waals surface area contributed by atoms with Crippen molar-refractivity contribution < 1.29 is 14.0 Å². The molecule has 0 aliphatic heterocycles. The number of carbonyl (C=O) groups is 2. The van der Waals surface area contributed by atoms with E-state index in [2.05, 4.69) is 5.32 Å². The Morgan fingerprint density at radius 1 is 0.944 bits per heavy atom. The molecule has 0 aliphatic carbocycles. The van der Waals surface area contributed by atoms with Crippen LogP contribution >= 0.6 is 23.4 Å². The largest absolute Gasteiger partial charge is 0.354 e. The van der Waals surface area contributed by atoms with Gasteiger partial charge in [-0.05, 0) is 46.9 Å². The van der Waals surface area contributed by atoms with E-state index in [4.69, 9.17) is 11.6 Å². The summed E-state index contributed by atoms with van der Waals surface area (Å²) in [5, 5.41) is 3.60. The number of halogens is 2. The summed E-state index contributed by atoms with van der Waals surface area (Å²) >= 11 is 7.66. The molecule has 36 heavy (non-hydrogen) atoms. The molecule has 4 nitrogen and oxygen atoms in total. The summed E-state index contributed by atoms with van der Waals surface area (Å²) in [6.45, 7) is 4.87. The summed E-state index contributed by atoms with van der Waals surface area (Å²) in [7, 11) is 0. The van der Waals surface area contributed by atoms with Crippen molar-refractivity contribution >= 4 is 35.2 Å². The second kappa shape index (κ2) is 14.0. The minimum absolute atomic E-state index is 0.136. The van der Waals surface area contributed by atoms with Crippen molar-refractivity contribution in [3.8, 4) is 0 Å². The van der Waals surface area contributed by atoms with Gasteiger partial charge in [-0.2, -0.15) is 0 Å². The van der Waals surface area contributed by atoms with Crippen LogP contribution in [0.5, 0.6) is 0 Å². The highest BCUT2D eigenvalue weighted by Crippen LogP contribution is 2.20. The van der Waals surface area contributed by atoms with Gasteiger partial charge in [0.25, 0.3) is 0 Å². The van der Waals surface area contributed by atoms with Gasteiger partial charge in [0, 0.05) is 30.3 Å². The van der Waals surface area contributed by atoms with Crippen molar-refractivity contribution in [2.75, 3.05) is 12.3 Å². The van der Waals surface area contributed by atoms with Gasteiger partial charge in [0.05, 0.1) is 5.75 Å². The van der Waals surface area contributed by atoms with Gasteiger partial charge >= 0.3 is 0 Å². The van der Waals surface area contributed by atoms with Gasteiger partial charge in [0.15, 0.2) is 0 Å². The van der Waals surface area contributed by atoms with Gasteiger partial charge in [0.1, 0.15) is 11.9 Å². The quantitative estimate of drug-likeness (QED) is 0.309. The molecular formula is C29H32ClFN2O2S. The molecule has 1 atom stereocenters. The number of nitrogens with one attached hydrogen (secondary N) is 1. The summed E-state index contributed by atoms with van der Waals surface area (Å²) < 4.78 is 13.2. The van der Waals surface area contributed by atoms with E-state index < -0.39 is 6.04 Å². The molecular weight excluding hydrogens is 495 g/mol. The number of thioether (sulfide) groups is 1. The molecule has 7 heteroatoms. The molecule has 3 aromatic carbocycles. The van der Waals surface area contributed by atoms with Crippen molar-refractivity contribution in [1.82, 2.24) is 10.2 Å². The van der Waals surface area contributed by atoms with Crippen molar-refractivity contribution in [2.24, 2.45) is 5.92 Å². The van der Waals surface area contributed by atoms with Crippen molar-refractivity contribution in [2.45, 2.75) is 38.6 Å². The van der Waals surface area contributed by atoms with Crippen LogP contribution in [0.2, 0.25) is 5.02 Å². The highest BCUT2D eigenvalue weighted by Gasteiger charge is 2.30. The molecule has 0 bridgehead atoms. The molecule has 0 aromatic heterocycles. The second-order valence-corrected chi connectivity index (χ2v) is 10.5. The van der Waals surface area contributed by atoms with Crippen molar-refractivity contribution in [3.05, 3.63) is 106 Å². The molecule has 0 fully saturated rings. The number of rotatable bonds is 12. The minimum atomic E-state index is -0.677. The van der Waals surface area contributed by atoms with Gasteiger partial charge in [-0.15, -0.1) is 11.8 Å². The summed E-state index contributed by atoms with van der Waals surface area (Å²) in [6.07, 6.45) is 0.402. The van der Waals surface area contributed by atoms with Crippen LogP contribution in [0.25, 0.3) is 0 Å². The molecule has 0 saturated carbocycles. The molecule has 1 N–H and O–H groups in total. The Bertz CT molecular complexity index is 1130. The number of hydrogen-bond donors (Lipinski definition) is 1. The standard InChI is InChI=1S/C29H32ClFN2O2S/c1-21(2)17-32-29(35)27(16-22-7-4-3-5-8-22)33(18-24-9-6-10-25(30)15-24)28(34)20-36-19-23-11-13-26(31)14-12-23/h3-15,21,27H,16-20H2,1-2H3,(H,32,35). The average molecular weight is 527 g/mol. The maximum atomic E-state index is 13.6. The molecule has 3 rings (SSSR count). The van der Waals surface area contributed by atoms with Crippen LogP contribution < -0.4 is 5.32 Å². The first-order chi connectivity index (χ1) is 17.3. The number of amides is 2. The zero-order chi connectivity index (χ0) is 25.9. The number of carbonyl (C=O) groups excluding carboxylic acids is 2. The third-order valence-electron chi connectivity index (χ3n) is 5.61. The first kappa shape index (κ1) is 27.8. The molecule has 3 aromatic rings. The van der Waals surface area contributed by atoms with E-state index in [1.165, 1.54) is 23.9 Å². The number of nitrogens with zero attached hydrogens (tertiary/aromatic N) is 1. The zero-order valence-corrected chi connectivity index (χ0v) is 22.2. The average Bonchev–Trinajstić information content (AvgIpc) is 2.86. The number of hydrogen-bond acceptors (Lipinski definition) is 3. The predicted octanol–water partition coefficient (Wildman–Crippen LogP) is 6.12. The molecule has 2 amide bonds. The maximum absolute atomic E-state index is 13.6.